The molecule has 8 nitrogen and oxygen atoms in total. The van der Waals surface area contributed by atoms with Crippen LogP contribution in [0, 0.1) is 0 Å². The second-order valence-corrected chi connectivity index (χ2v) is 8.75. The minimum absolute atomic E-state index is 0.00884. The van der Waals surface area contributed by atoms with Crippen molar-refractivity contribution in [3.8, 4) is 0 Å². The molecule has 0 unspecified atom stereocenters. The van der Waals surface area contributed by atoms with Gasteiger partial charge in [-0.15, -0.1) is 10.2 Å². The molecule has 0 atom stereocenters. The van der Waals surface area contributed by atoms with Crippen molar-refractivity contribution in [2.75, 3.05) is 45.5 Å². The summed E-state index contributed by atoms with van der Waals surface area (Å²) in [6.07, 6.45) is 2.33. The molecule has 2 fully saturated rings. The molecule has 1 saturated carbocycles. The molecule has 1 saturated heterocycles. The van der Waals surface area contributed by atoms with Crippen LogP contribution in [0.15, 0.2) is 35.5 Å². The van der Waals surface area contributed by atoms with Crippen LogP contribution in [0.2, 0.25) is 0 Å². The smallest absolute Gasteiger partial charge is 0.233 e. The number of benzene rings is 1. The topological polar surface area (TPSA) is 83.4 Å². The van der Waals surface area contributed by atoms with Crippen LogP contribution in [0.25, 0.3) is 0 Å². The zero-order valence-corrected chi connectivity index (χ0v) is 18.1. The van der Waals surface area contributed by atoms with Crippen LogP contribution < -0.4 is 5.32 Å². The Morgan fingerprint density at radius 3 is 2.50 bits per heavy atom. The third kappa shape index (κ3) is 5.20. The molecule has 4 rings (SSSR count). The first-order chi connectivity index (χ1) is 14.6. The molecule has 1 aromatic heterocycles. The Hall–Kier alpha value is -2.39. The molecule has 2 amide bonds. The first kappa shape index (κ1) is 20.9. The molecular formula is C21H28N6O2S. The van der Waals surface area contributed by atoms with Crippen LogP contribution in [0.5, 0.6) is 0 Å². The van der Waals surface area contributed by atoms with Gasteiger partial charge in [-0.2, -0.15) is 0 Å². The maximum Gasteiger partial charge on any atom is 0.233 e. The van der Waals surface area contributed by atoms with E-state index in [9.17, 15) is 9.59 Å². The van der Waals surface area contributed by atoms with Gasteiger partial charge in [0.1, 0.15) is 5.82 Å². The van der Waals surface area contributed by atoms with Crippen LogP contribution >= 0.6 is 11.8 Å². The second kappa shape index (κ2) is 9.61. The van der Waals surface area contributed by atoms with Gasteiger partial charge in [-0.3, -0.25) is 14.5 Å². The van der Waals surface area contributed by atoms with Crippen molar-refractivity contribution >= 4 is 23.6 Å². The predicted molar refractivity (Wildman–Crippen MR) is 115 cm³/mol. The van der Waals surface area contributed by atoms with Crippen LogP contribution in [-0.2, 0) is 16.1 Å². The molecule has 2 aliphatic rings. The molecule has 2 heterocycles. The Morgan fingerprint density at radius 2 is 1.83 bits per heavy atom. The number of rotatable bonds is 8. The van der Waals surface area contributed by atoms with Gasteiger partial charge < -0.3 is 14.8 Å². The number of piperazine rings is 1. The minimum atomic E-state index is 0.00884. The molecular weight excluding hydrogens is 400 g/mol. The van der Waals surface area contributed by atoms with E-state index in [4.69, 9.17) is 0 Å². The lowest BCUT2D eigenvalue weighted by molar-refractivity contribution is -0.130. The van der Waals surface area contributed by atoms with Crippen molar-refractivity contribution in [1.29, 1.82) is 0 Å². The summed E-state index contributed by atoms with van der Waals surface area (Å²) >= 11 is 1.47. The van der Waals surface area contributed by atoms with Crippen LogP contribution in [0.4, 0.5) is 0 Å². The molecule has 0 spiro atoms. The highest BCUT2D eigenvalue weighted by atomic mass is 32.2. The summed E-state index contributed by atoms with van der Waals surface area (Å²) in [6, 6.07) is 10.3. The number of hydrogen-bond acceptors (Lipinski definition) is 6. The number of likely N-dealkylation sites (N-methyl/N-ethyl adjacent to an activating group) is 1. The number of aromatic nitrogens is 3. The van der Waals surface area contributed by atoms with Gasteiger partial charge in [-0.1, -0.05) is 42.1 Å². The van der Waals surface area contributed by atoms with E-state index >= 15 is 0 Å². The molecule has 0 bridgehead atoms. The summed E-state index contributed by atoms with van der Waals surface area (Å²) in [6.45, 7) is 3.87. The van der Waals surface area contributed by atoms with Gasteiger partial charge in [-0.05, 0) is 18.4 Å². The number of nitrogens with zero attached hydrogens (tertiary/aromatic N) is 5. The highest BCUT2D eigenvalue weighted by Crippen LogP contribution is 2.40. The van der Waals surface area contributed by atoms with Gasteiger partial charge >= 0.3 is 0 Å². The zero-order chi connectivity index (χ0) is 20.9. The lowest BCUT2D eigenvalue weighted by Gasteiger charge is -2.34. The Bertz CT molecular complexity index is 875. The van der Waals surface area contributed by atoms with Gasteiger partial charge in [0.05, 0.1) is 18.8 Å². The average molecular weight is 429 g/mol. The summed E-state index contributed by atoms with van der Waals surface area (Å²) in [5, 5.41) is 12.3. The van der Waals surface area contributed by atoms with Gasteiger partial charge in [-0.25, -0.2) is 0 Å². The fourth-order valence-corrected chi connectivity index (χ4v) is 4.47. The zero-order valence-electron chi connectivity index (χ0n) is 17.3. The molecule has 0 radical (unpaired) electrons. The normalized spacial score (nSPS) is 17.2. The third-order valence-corrected chi connectivity index (χ3v) is 6.52. The van der Waals surface area contributed by atoms with E-state index in [0.29, 0.717) is 31.3 Å². The van der Waals surface area contributed by atoms with Crippen LogP contribution in [-0.4, -0.2) is 81.9 Å². The van der Waals surface area contributed by atoms with Gasteiger partial charge in [0.15, 0.2) is 5.16 Å². The lowest BCUT2D eigenvalue weighted by atomic mass is 10.2. The van der Waals surface area contributed by atoms with Crippen molar-refractivity contribution in [2.24, 2.45) is 0 Å². The summed E-state index contributed by atoms with van der Waals surface area (Å²) in [5.41, 5.74) is 1.21. The maximum absolute atomic E-state index is 12.7. The predicted octanol–water partition coefficient (Wildman–Crippen LogP) is 1.19. The number of amides is 2. The molecule has 2 aromatic rings. The summed E-state index contributed by atoms with van der Waals surface area (Å²) in [4.78, 5) is 28.2. The summed E-state index contributed by atoms with van der Waals surface area (Å²) < 4.78 is 2.17. The molecule has 1 aromatic carbocycles. The number of carbonyl (C=O) groups excluding carboxylic acids is 2. The van der Waals surface area contributed by atoms with E-state index in [2.05, 4.69) is 37.1 Å². The monoisotopic (exact) mass is 428 g/mol. The highest BCUT2D eigenvalue weighted by molar-refractivity contribution is 7.99. The third-order valence-electron chi connectivity index (χ3n) is 5.57. The van der Waals surface area contributed by atoms with Gasteiger partial charge in [0, 0.05) is 39.1 Å². The second-order valence-electron chi connectivity index (χ2n) is 7.81. The number of nitrogens with one attached hydrogen (secondary N) is 1. The van der Waals surface area contributed by atoms with E-state index in [1.54, 1.807) is 7.05 Å². The quantitative estimate of drug-likeness (QED) is 0.636. The van der Waals surface area contributed by atoms with Gasteiger partial charge in [0.25, 0.3) is 0 Å². The molecule has 30 heavy (non-hydrogen) atoms. The molecule has 1 aliphatic heterocycles. The largest absolute Gasteiger partial charge is 0.358 e. The fourth-order valence-electron chi connectivity index (χ4n) is 3.62. The molecule has 1 N–H and O–H groups in total. The Morgan fingerprint density at radius 1 is 1.10 bits per heavy atom. The maximum atomic E-state index is 12.7. The Kier molecular flexibility index (Phi) is 6.69. The van der Waals surface area contributed by atoms with Crippen LogP contribution in [0.1, 0.15) is 30.1 Å². The number of thioether (sulfide) groups is 1. The summed E-state index contributed by atoms with van der Waals surface area (Å²) in [7, 11) is 1.64. The number of hydrogen-bond donors (Lipinski definition) is 1. The Labute approximate surface area is 181 Å². The van der Waals surface area contributed by atoms with E-state index in [1.807, 2.05) is 23.1 Å². The van der Waals surface area contributed by atoms with Crippen molar-refractivity contribution in [2.45, 2.75) is 30.5 Å². The Balaban J connectivity index is 1.34. The molecule has 160 valence electrons. The fraction of sp³-hybridized carbons (Fsp3) is 0.524. The lowest BCUT2D eigenvalue weighted by Crippen LogP contribution is -2.51. The molecule has 9 heteroatoms. The summed E-state index contributed by atoms with van der Waals surface area (Å²) in [5.74, 6) is 2.01. The minimum Gasteiger partial charge on any atom is -0.358 e. The molecule has 1 aliphatic carbocycles. The SMILES string of the molecule is CNC(=O)CN1CCN(C(=O)CSc2nnc(C3CC3)n2Cc2ccccc2)CC1. The first-order valence-corrected chi connectivity index (χ1v) is 11.4. The van der Waals surface area contributed by atoms with E-state index < -0.39 is 0 Å². The first-order valence-electron chi connectivity index (χ1n) is 10.4. The van der Waals surface area contributed by atoms with E-state index in [0.717, 1.165) is 43.5 Å². The van der Waals surface area contributed by atoms with Gasteiger partial charge in [0.2, 0.25) is 11.8 Å². The van der Waals surface area contributed by atoms with Crippen molar-refractivity contribution in [3.63, 3.8) is 0 Å². The standard InChI is InChI=1S/C21H28N6O2S/c1-22-18(28)14-25-9-11-26(12-10-25)19(29)15-30-21-24-23-20(17-7-8-17)27(21)13-16-5-3-2-4-6-16/h2-6,17H,7-15H2,1H3,(H,22,28). The van der Waals surface area contributed by atoms with E-state index in [1.165, 1.54) is 17.3 Å². The van der Waals surface area contributed by atoms with Crippen molar-refractivity contribution in [3.05, 3.63) is 41.7 Å². The van der Waals surface area contributed by atoms with E-state index in [-0.39, 0.29) is 11.8 Å². The average Bonchev–Trinajstić information content (AvgIpc) is 3.55. The number of carbonyl (C=O) groups is 2. The highest BCUT2D eigenvalue weighted by Gasteiger charge is 2.31. The van der Waals surface area contributed by atoms with Crippen molar-refractivity contribution < 1.29 is 9.59 Å². The van der Waals surface area contributed by atoms with Crippen molar-refractivity contribution in [1.82, 2.24) is 29.9 Å². The van der Waals surface area contributed by atoms with Crippen LogP contribution in [0.3, 0.4) is 0 Å².